The van der Waals surface area contributed by atoms with Crippen molar-refractivity contribution in [3.05, 3.63) is 93.4 Å². The van der Waals surface area contributed by atoms with Crippen LogP contribution in [0.15, 0.2) is 71.8 Å². The minimum Gasteiger partial charge on any atom is -0.489 e. The Labute approximate surface area is 269 Å². The van der Waals surface area contributed by atoms with E-state index in [2.05, 4.69) is 138 Å². The molecule has 3 aliphatic carbocycles. The number of rotatable bonds is 7. The molecule has 0 fully saturated rings. The van der Waals surface area contributed by atoms with E-state index in [-0.39, 0.29) is 21.7 Å². The summed E-state index contributed by atoms with van der Waals surface area (Å²) in [7, 11) is -2.33. The minimum atomic E-state index is -2.33. The molecule has 3 aliphatic rings. The van der Waals surface area contributed by atoms with Crippen LogP contribution in [0.5, 0.6) is 5.75 Å². The lowest BCUT2D eigenvalue weighted by Gasteiger charge is -2.43. The molecular weight excluding hydrogens is 549 g/mol. The van der Waals surface area contributed by atoms with Crippen molar-refractivity contribution >= 4 is 24.9 Å². The zero-order valence-corrected chi connectivity index (χ0v) is 30.9. The topological polar surface area (TPSA) is 9.23 Å². The summed E-state index contributed by atoms with van der Waals surface area (Å²) < 4.78 is 6.87. The first-order valence-corrected chi connectivity index (χ1v) is 19.6. The molecule has 0 amide bonds. The Kier molecular flexibility index (Phi) is 8.23. The molecule has 1 atom stereocenters. The molecule has 0 heterocycles. The average Bonchev–Trinajstić information content (AvgIpc) is 3.27. The highest BCUT2D eigenvalue weighted by atomic mass is 28.3. The number of ether oxygens (including phenoxy) is 1. The summed E-state index contributed by atoms with van der Waals surface area (Å²) in [6.07, 6.45) is 9.55. The van der Waals surface area contributed by atoms with Crippen molar-refractivity contribution in [1.29, 1.82) is 0 Å². The zero-order valence-electron chi connectivity index (χ0n) is 29.9. The van der Waals surface area contributed by atoms with E-state index in [9.17, 15) is 0 Å². The summed E-state index contributed by atoms with van der Waals surface area (Å²) in [6, 6.07) is 16.6. The van der Waals surface area contributed by atoms with Crippen molar-refractivity contribution in [1.82, 2.24) is 0 Å². The third-order valence-corrected chi connectivity index (χ3v) is 16.6. The van der Waals surface area contributed by atoms with Crippen LogP contribution in [0, 0.1) is 10.8 Å². The molecular formula is C42H58OSi. The average molecular weight is 607 g/mol. The maximum Gasteiger partial charge on any atom is 0.122 e. The van der Waals surface area contributed by atoms with Gasteiger partial charge in [0.2, 0.25) is 0 Å². The number of benzene rings is 2. The zero-order chi connectivity index (χ0) is 32.5. The molecule has 0 saturated carbocycles. The van der Waals surface area contributed by atoms with Gasteiger partial charge in [0.1, 0.15) is 20.4 Å². The van der Waals surface area contributed by atoms with E-state index in [0.717, 1.165) is 5.75 Å². The Morgan fingerprint density at radius 1 is 0.932 bits per heavy atom. The monoisotopic (exact) mass is 606 g/mol. The van der Waals surface area contributed by atoms with E-state index in [1.165, 1.54) is 51.7 Å². The van der Waals surface area contributed by atoms with E-state index >= 15 is 0 Å². The summed E-state index contributed by atoms with van der Waals surface area (Å²) in [5, 5.41) is 4.38. The number of hydrogen-bond acceptors (Lipinski definition) is 1. The first kappa shape index (κ1) is 32.8. The van der Waals surface area contributed by atoms with Crippen molar-refractivity contribution in [2.45, 2.75) is 124 Å². The fourth-order valence-electron chi connectivity index (χ4n) is 8.57. The van der Waals surface area contributed by atoms with Crippen LogP contribution in [0.25, 0.3) is 11.6 Å². The highest BCUT2D eigenvalue weighted by Crippen LogP contribution is 2.62. The Balaban J connectivity index is 1.98. The molecule has 0 aromatic heterocycles. The standard InChI is InChI=1S/C42H58OSi/c1-14-23-43-37-33(40(7,8)9)24-29(39(4,5)6)25-34(37)44(15-2,16-3)38-32-27-41(10,11)22-21-31(32)36-35(38)30-20-18-17-19-28(30)26-42(36,12)13/h14,17-20,24-27,38H,1,15-16,21-23H2,2-13H3. The van der Waals surface area contributed by atoms with Gasteiger partial charge in [-0.25, -0.2) is 0 Å². The summed E-state index contributed by atoms with van der Waals surface area (Å²) in [4.78, 5) is 0. The van der Waals surface area contributed by atoms with Crippen molar-refractivity contribution in [3.63, 3.8) is 0 Å². The van der Waals surface area contributed by atoms with Gasteiger partial charge in [0.25, 0.3) is 0 Å². The van der Waals surface area contributed by atoms with Crippen LogP contribution < -0.4 is 20.4 Å². The van der Waals surface area contributed by atoms with E-state index in [0.29, 0.717) is 12.1 Å². The summed E-state index contributed by atoms with van der Waals surface area (Å²) in [6.45, 7) is 33.6. The lowest BCUT2D eigenvalue weighted by atomic mass is 9.73. The van der Waals surface area contributed by atoms with Crippen molar-refractivity contribution in [3.8, 4) is 5.75 Å². The van der Waals surface area contributed by atoms with Gasteiger partial charge in [-0.2, -0.15) is 0 Å². The van der Waals surface area contributed by atoms with Gasteiger partial charge in [0, 0.05) is 11.0 Å². The second-order valence-corrected chi connectivity index (χ2v) is 21.9. The lowest BCUT2D eigenvalue weighted by Crippen LogP contribution is -2.54. The molecule has 0 bridgehead atoms. The first-order chi connectivity index (χ1) is 20.4. The first-order valence-electron chi connectivity index (χ1n) is 17.1. The van der Waals surface area contributed by atoms with E-state index in [1.807, 2.05) is 6.08 Å². The SMILES string of the molecule is C=CCOc1c(C(C)(C)C)cc(C(C)(C)C)cc1[Si](CC)(CC)C1C2=CC(C)(C)CCC2=C2C1=c1ccccc1=CC2(C)C. The van der Waals surface area contributed by atoms with Gasteiger partial charge in [-0.1, -0.05) is 156 Å². The van der Waals surface area contributed by atoms with Crippen molar-refractivity contribution < 1.29 is 4.74 Å². The van der Waals surface area contributed by atoms with Crippen LogP contribution in [-0.4, -0.2) is 14.7 Å². The maximum atomic E-state index is 6.87. The van der Waals surface area contributed by atoms with Gasteiger partial charge in [-0.15, -0.1) is 0 Å². The van der Waals surface area contributed by atoms with Gasteiger partial charge < -0.3 is 4.74 Å². The van der Waals surface area contributed by atoms with E-state index < -0.39 is 8.07 Å². The normalized spacial score (nSPS) is 20.8. The summed E-state index contributed by atoms with van der Waals surface area (Å²) in [5.41, 5.74) is 9.87. The number of fused-ring (bicyclic) bond motifs is 3. The molecule has 2 aromatic rings. The highest BCUT2D eigenvalue weighted by Gasteiger charge is 2.54. The van der Waals surface area contributed by atoms with Crippen molar-refractivity contribution in [2.75, 3.05) is 6.61 Å². The lowest BCUT2D eigenvalue weighted by molar-refractivity contribution is 0.353. The Morgan fingerprint density at radius 2 is 1.59 bits per heavy atom. The predicted octanol–water partition coefficient (Wildman–Crippen LogP) is 9.64. The fourth-order valence-corrected chi connectivity index (χ4v) is 13.8. The molecule has 0 N–H and O–H groups in total. The number of allylic oxidation sites excluding steroid dienone is 4. The molecule has 2 heteroatoms. The smallest absolute Gasteiger partial charge is 0.122 e. The molecule has 0 aliphatic heterocycles. The van der Waals surface area contributed by atoms with E-state index in [1.54, 1.807) is 22.3 Å². The molecule has 0 spiro atoms. The quantitative estimate of drug-likeness (QED) is 0.225. The Bertz CT molecular complexity index is 1660. The molecule has 1 nitrogen and oxygen atoms in total. The minimum absolute atomic E-state index is 0.0119. The van der Waals surface area contributed by atoms with Gasteiger partial charge in [0.05, 0.1) is 0 Å². The van der Waals surface area contributed by atoms with Crippen LogP contribution in [0.1, 0.15) is 107 Å². The van der Waals surface area contributed by atoms with Crippen LogP contribution in [0.2, 0.25) is 17.6 Å². The third-order valence-electron chi connectivity index (χ3n) is 11.0. The van der Waals surface area contributed by atoms with Gasteiger partial charge >= 0.3 is 0 Å². The molecule has 2 aromatic carbocycles. The van der Waals surface area contributed by atoms with Gasteiger partial charge in [-0.05, 0) is 78.1 Å². The largest absolute Gasteiger partial charge is 0.489 e. The molecule has 0 radical (unpaired) electrons. The van der Waals surface area contributed by atoms with Gasteiger partial charge in [-0.3, -0.25) is 0 Å². The van der Waals surface area contributed by atoms with Crippen LogP contribution in [0.3, 0.4) is 0 Å². The Hall–Kier alpha value is -2.58. The van der Waals surface area contributed by atoms with E-state index in [4.69, 9.17) is 4.74 Å². The van der Waals surface area contributed by atoms with Crippen LogP contribution in [-0.2, 0) is 10.8 Å². The van der Waals surface area contributed by atoms with Gasteiger partial charge in [0.15, 0.2) is 0 Å². The summed E-state index contributed by atoms with van der Waals surface area (Å²) in [5.74, 6) is 1.14. The van der Waals surface area contributed by atoms with Crippen LogP contribution >= 0.6 is 0 Å². The third kappa shape index (κ3) is 5.34. The molecule has 236 valence electrons. The second-order valence-electron chi connectivity index (χ2n) is 17.1. The highest BCUT2D eigenvalue weighted by molar-refractivity contribution is 6.95. The maximum absolute atomic E-state index is 6.87. The number of hydrogen-bond donors (Lipinski definition) is 0. The molecule has 5 rings (SSSR count). The molecule has 1 unspecified atom stereocenters. The fraction of sp³-hybridized carbons (Fsp3) is 0.524. The summed E-state index contributed by atoms with van der Waals surface area (Å²) >= 11 is 0. The molecule has 0 saturated heterocycles. The molecule has 44 heavy (non-hydrogen) atoms. The van der Waals surface area contributed by atoms with Crippen LogP contribution in [0.4, 0.5) is 0 Å². The second kappa shape index (κ2) is 11.0. The predicted molar refractivity (Wildman–Crippen MR) is 195 cm³/mol. The Morgan fingerprint density at radius 3 is 2.18 bits per heavy atom. The van der Waals surface area contributed by atoms with Crippen molar-refractivity contribution in [2.24, 2.45) is 10.8 Å².